The molecule has 0 saturated carbocycles. The highest BCUT2D eigenvalue weighted by Crippen LogP contribution is 2.38. The second kappa shape index (κ2) is 12.9. The highest BCUT2D eigenvalue weighted by atomic mass is 16.3. The van der Waals surface area contributed by atoms with Crippen LogP contribution in [0.15, 0.2) is 199 Å². The predicted octanol–water partition coefficient (Wildman–Crippen LogP) is 13.5. The maximum Gasteiger partial charge on any atom is 0.161 e. The van der Waals surface area contributed by atoms with Crippen molar-refractivity contribution >= 4 is 32.7 Å². The maximum atomic E-state index is 6.19. The molecule has 0 aliphatic heterocycles. The van der Waals surface area contributed by atoms with E-state index in [-0.39, 0.29) is 0 Å². The van der Waals surface area contributed by atoms with E-state index >= 15 is 0 Å². The van der Waals surface area contributed by atoms with E-state index in [0.29, 0.717) is 5.82 Å². The summed E-state index contributed by atoms with van der Waals surface area (Å²) in [6, 6.07) is 68.1. The van der Waals surface area contributed by atoms with Crippen LogP contribution in [0.2, 0.25) is 0 Å². The maximum absolute atomic E-state index is 6.19. The Morgan fingerprint density at radius 3 is 1.60 bits per heavy atom. The third-order valence-corrected chi connectivity index (χ3v) is 10.1. The van der Waals surface area contributed by atoms with Crippen LogP contribution in [0.3, 0.4) is 0 Å². The number of fused-ring (bicyclic) bond motifs is 4. The van der Waals surface area contributed by atoms with Crippen LogP contribution in [0.1, 0.15) is 0 Å². The molecule has 0 fully saturated rings. The summed E-state index contributed by atoms with van der Waals surface area (Å²) in [6.07, 6.45) is 0. The fourth-order valence-electron chi connectivity index (χ4n) is 7.39. The minimum Gasteiger partial charge on any atom is -0.456 e. The average Bonchev–Trinajstić information content (AvgIpc) is 3.62. The lowest BCUT2D eigenvalue weighted by Gasteiger charge is -2.14. The summed E-state index contributed by atoms with van der Waals surface area (Å²) in [5.74, 6) is 0.694. The van der Waals surface area contributed by atoms with E-state index in [2.05, 4.69) is 176 Å². The monoisotopic (exact) mass is 676 g/mol. The highest BCUT2D eigenvalue weighted by Gasteiger charge is 2.16. The second-order valence-corrected chi connectivity index (χ2v) is 13.4. The number of nitrogens with zero attached hydrogens (tertiary/aromatic N) is 2. The van der Waals surface area contributed by atoms with Crippen molar-refractivity contribution in [3.63, 3.8) is 0 Å². The molecule has 10 rings (SSSR count). The predicted molar refractivity (Wildman–Crippen MR) is 219 cm³/mol. The average molecular weight is 677 g/mol. The number of aromatic nitrogens is 2. The Kier molecular flexibility index (Phi) is 7.47. The molecular weight excluding hydrogens is 645 g/mol. The van der Waals surface area contributed by atoms with Crippen molar-refractivity contribution in [2.75, 3.05) is 0 Å². The zero-order valence-electron chi connectivity index (χ0n) is 28.8. The number of hydrogen-bond acceptors (Lipinski definition) is 3. The first-order valence-electron chi connectivity index (χ1n) is 17.9. The van der Waals surface area contributed by atoms with Crippen LogP contribution in [0.4, 0.5) is 0 Å². The van der Waals surface area contributed by atoms with Gasteiger partial charge in [-0.1, -0.05) is 152 Å². The van der Waals surface area contributed by atoms with Crippen molar-refractivity contribution < 1.29 is 4.42 Å². The topological polar surface area (TPSA) is 38.9 Å². The van der Waals surface area contributed by atoms with Crippen molar-refractivity contribution in [1.82, 2.24) is 9.97 Å². The number of hydrogen-bond donors (Lipinski definition) is 0. The van der Waals surface area contributed by atoms with Gasteiger partial charge < -0.3 is 4.42 Å². The van der Waals surface area contributed by atoms with E-state index in [1.54, 1.807) is 0 Å². The fourth-order valence-corrected chi connectivity index (χ4v) is 7.39. The van der Waals surface area contributed by atoms with Crippen LogP contribution >= 0.6 is 0 Å². The van der Waals surface area contributed by atoms with E-state index in [9.17, 15) is 0 Å². The van der Waals surface area contributed by atoms with Gasteiger partial charge in [0.25, 0.3) is 0 Å². The molecule has 0 saturated heterocycles. The minimum atomic E-state index is 0.694. The summed E-state index contributed by atoms with van der Waals surface area (Å²) in [7, 11) is 0. The molecule has 53 heavy (non-hydrogen) atoms. The number of benzene rings is 8. The summed E-state index contributed by atoms with van der Waals surface area (Å²) in [4.78, 5) is 10.6. The SMILES string of the molecule is c1ccc(-c2ccc(-c3cc(-c4cc(-c5ccccc5)cc(-c5ccc6oc7ccccc7c6c5)c4)nc(-c4cccc5ccccc45)n3)cc2)cc1. The number of para-hydroxylation sites is 1. The van der Waals surface area contributed by atoms with E-state index in [1.165, 1.54) is 11.1 Å². The van der Waals surface area contributed by atoms with E-state index in [4.69, 9.17) is 14.4 Å². The van der Waals surface area contributed by atoms with Gasteiger partial charge >= 0.3 is 0 Å². The molecule has 0 amide bonds. The lowest BCUT2D eigenvalue weighted by molar-refractivity contribution is 0.669. The molecule has 0 atom stereocenters. The number of furan rings is 1. The highest BCUT2D eigenvalue weighted by molar-refractivity contribution is 6.06. The van der Waals surface area contributed by atoms with E-state index in [0.717, 1.165) is 83.0 Å². The molecule has 248 valence electrons. The molecule has 2 heterocycles. The molecule has 10 aromatic rings. The van der Waals surface area contributed by atoms with Crippen molar-refractivity contribution in [1.29, 1.82) is 0 Å². The summed E-state index contributed by atoms with van der Waals surface area (Å²) >= 11 is 0. The molecule has 3 nitrogen and oxygen atoms in total. The van der Waals surface area contributed by atoms with Gasteiger partial charge in [-0.25, -0.2) is 9.97 Å². The van der Waals surface area contributed by atoms with Gasteiger partial charge in [0.15, 0.2) is 5.82 Å². The van der Waals surface area contributed by atoms with Crippen LogP contribution in [-0.4, -0.2) is 9.97 Å². The Morgan fingerprint density at radius 1 is 0.302 bits per heavy atom. The Morgan fingerprint density at radius 2 is 0.830 bits per heavy atom. The molecule has 3 heteroatoms. The molecule has 0 N–H and O–H groups in total. The lowest BCUT2D eigenvalue weighted by atomic mass is 9.93. The lowest BCUT2D eigenvalue weighted by Crippen LogP contribution is -1.97. The van der Waals surface area contributed by atoms with Crippen LogP contribution in [0.25, 0.3) is 100.0 Å². The third-order valence-electron chi connectivity index (χ3n) is 10.1. The quantitative estimate of drug-likeness (QED) is 0.176. The molecule has 0 aliphatic carbocycles. The fraction of sp³-hybridized carbons (Fsp3) is 0. The zero-order chi connectivity index (χ0) is 35.1. The second-order valence-electron chi connectivity index (χ2n) is 13.4. The van der Waals surface area contributed by atoms with Crippen molar-refractivity contribution in [3.05, 3.63) is 194 Å². The van der Waals surface area contributed by atoms with Crippen LogP contribution in [-0.2, 0) is 0 Å². The molecule has 0 spiro atoms. The van der Waals surface area contributed by atoms with Crippen LogP contribution in [0, 0.1) is 0 Å². The van der Waals surface area contributed by atoms with Crippen LogP contribution < -0.4 is 0 Å². The first-order chi connectivity index (χ1) is 26.2. The van der Waals surface area contributed by atoms with Gasteiger partial charge in [-0.3, -0.25) is 0 Å². The van der Waals surface area contributed by atoms with Crippen LogP contribution in [0.5, 0.6) is 0 Å². The molecule has 0 aliphatic rings. The van der Waals surface area contributed by atoms with E-state index in [1.807, 2.05) is 18.2 Å². The molecule has 0 bridgehead atoms. The van der Waals surface area contributed by atoms with Gasteiger partial charge in [0.1, 0.15) is 11.2 Å². The molecule has 8 aromatic carbocycles. The smallest absolute Gasteiger partial charge is 0.161 e. The van der Waals surface area contributed by atoms with Gasteiger partial charge in [-0.05, 0) is 86.6 Å². The Balaban J connectivity index is 1.18. The molecule has 0 unspecified atom stereocenters. The molecule has 2 aromatic heterocycles. The van der Waals surface area contributed by atoms with Crippen molar-refractivity contribution in [3.8, 4) is 67.3 Å². The first-order valence-corrected chi connectivity index (χ1v) is 17.9. The minimum absolute atomic E-state index is 0.694. The Bertz CT molecular complexity index is 2920. The van der Waals surface area contributed by atoms with Gasteiger partial charge in [0.2, 0.25) is 0 Å². The van der Waals surface area contributed by atoms with E-state index < -0.39 is 0 Å². The number of rotatable bonds is 6. The Hall–Kier alpha value is -7.10. The van der Waals surface area contributed by atoms with Crippen molar-refractivity contribution in [2.24, 2.45) is 0 Å². The largest absolute Gasteiger partial charge is 0.456 e. The standard InChI is InChI=1S/C50H32N2O/c1-3-12-33(13-4-1)35-22-24-37(25-23-35)46-32-47(52-50(51-46)44-20-11-17-36-16-7-8-18-42(36)44)41-29-39(34-14-5-2-6-15-34)28-40(30-41)38-26-27-49-45(31-38)43-19-9-10-21-48(43)53-49/h1-32H. The molecule has 0 radical (unpaired) electrons. The van der Waals surface area contributed by atoms with Gasteiger partial charge in [0.05, 0.1) is 11.4 Å². The van der Waals surface area contributed by atoms with Crippen molar-refractivity contribution in [2.45, 2.75) is 0 Å². The molecular formula is C50H32N2O. The van der Waals surface area contributed by atoms with Gasteiger partial charge in [-0.2, -0.15) is 0 Å². The summed E-state index contributed by atoms with van der Waals surface area (Å²) < 4.78 is 6.19. The Labute approximate surface area is 307 Å². The summed E-state index contributed by atoms with van der Waals surface area (Å²) in [5, 5.41) is 4.49. The van der Waals surface area contributed by atoms with Gasteiger partial charge in [-0.15, -0.1) is 0 Å². The summed E-state index contributed by atoms with van der Waals surface area (Å²) in [5.41, 5.74) is 13.4. The van der Waals surface area contributed by atoms with Gasteiger partial charge in [0, 0.05) is 27.5 Å². The summed E-state index contributed by atoms with van der Waals surface area (Å²) in [6.45, 7) is 0. The zero-order valence-corrected chi connectivity index (χ0v) is 28.8. The normalized spacial score (nSPS) is 11.4. The third kappa shape index (κ3) is 5.75. The first kappa shape index (κ1) is 30.7.